The number of aryl methyl sites for hydroxylation is 2. The molecule has 1 aromatic heterocycles. The quantitative estimate of drug-likeness (QED) is 0.786. The van der Waals surface area contributed by atoms with Gasteiger partial charge in [-0.3, -0.25) is 4.79 Å². The van der Waals surface area contributed by atoms with Crippen LogP contribution in [-0.4, -0.2) is 24.0 Å². The van der Waals surface area contributed by atoms with Gasteiger partial charge in [0.15, 0.2) is 5.13 Å². The highest BCUT2D eigenvalue weighted by Crippen LogP contribution is 2.33. The predicted molar refractivity (Wildman–Crippen MR) is 99.9 cm³/mol. The summed E-state index contributed by atoms with van der Waals surface area (Å²) in [7, 11) is 0. The van der Waals surface area contributed by atoms with Crippen LogP contribution < -0.4 is 10.2 Å². The Morgan fingerprint density at radius 2 is 2.00 bits per heavy atom. The minimum atomic E-state index is 0.0257. The van der Waals surface area contributed by atoms with Crippen LogP contribution in [0.2, 0.25) is 0 Å². The van der Waals surface area contributed by atoms with Crippen LogP contribution in [-0.2, 0) is 4.79 Å². The van der Waals surface area contributed by atoms with Crippen molar-refractivity contribution < 1.29 is 4.79 Å². The number of aromatic nitrogens is 1. The van der Waals surface area contributed by atoms with Crippen LogP contribution >= 0.6 is 11.3 Å². The fraction of sp³-hybridized carbons (Fsp3) is 0.263. The van der Waals surface area contributed by atoms with Crippen molar-refractivity contribution in [3.8, 4) is 0 Å². The zero-order chi connectivity index (χ0) is 16.7. The molecule has 2 heterocycles. The van der Waals surface area contributed by atoms with E-state index in [9.17, 15) is 4.79 Å². The van der Waals surface area contributed by atoms with Gasteiger partial charge in [0, 0.05) is 18.8 Å². The average Bonchev–Trinajstić information content (AvgIpc) is 2.92. The highest BCUT2D eigenvalue weighted by Gasteiger charge is 2.34. The van der Waals surface area contributed by atoms with Crippen molar-refractivity contribution in [2.24, 2.45) is 5.92 Å². The van der Waals surface area contributed by atoms with E-state index >= 15 is 0 Å². The topological polar surface area (TPSA) is 45.2 Å². The Labute approximate surface area is 145 Å². The lowest BCUT2D eigenvalue weighted by molar-refractivity contribution is -0.120. The van der Waals surface area contributed by atoms with E-state index in [4.69, 9.17) is 0 Å². The molecule has 1 N–H and O–H groups in total. The fourth-order valence-corrected chi connectivity index (χ4v) is 3.97. The standard InChI is InChI=1S/C19H19N3OS/c1-12-7-8-15(13(2)9-12)20-18(23)14-10-22(11-14)19-21-16-5-3-4-6-17(16)24-19/h3-9,14H,10-11H2,1-2H3,(H,20,23). The molecule has 0 bridgehead atoms. The Balaban J connectivity index is 1.40. The molecule has 0 aliphatic carbocycles. The minimum absolute atomic E-state index is 0.0257. The van der Waals surface area contributed by atoms with Gasteiger partial charge >= 0.3 is 0 Å². The molecule has 4 rings (SSSR count). The zero-order valence-electron chi connectivity index (χ0n) is 13.7. The second-order valence-corrected chi connectivity index (χ2v) is 7.38. The molecule has 0 atom stereocenters. The summed E-state index contributed by atoms with van der Waals surface area (Å²) in [5.74, 6) is 0.122. The summed E-state index contributed by atoms with van der Waals surface area (Å²) in [5.41, 5.74) is 4.24. The van der Waals surface area contributed by atoms with Crippen molar-refractivity contribution in [1.82, 2.24) is 4.98 Å². The lowest BCUT2D eigenvalue weighted by Crippen LogP contribution is -2.52. The van der Waals surface area contributed by atoms with Crippen molar-refractivity contribution in [2.45, 2.75) is 13.8 Å². The summed E-state index contributed by atoms with van der Waals surface area (Å²) in [5, 5.41) is 4.06. The number of fused-ring (bicyclic) bond motifs is 1. The molecule has 1 amide bonds. The number of benzene rings is 2. The van der Waals surface area contributed by atoms with Gasteiger partial charge in [0.25, 0.3) is 0 Å². The van der Waals surface area contributed by atoms with Crippen LogP contribution in [0.1, 0.15) is 11.1 Å². The Kier molecular flexibility index (Phi) is 3.73. The molecular formula is C19H19N3OS. The average molecular weight is 337 g/mol. The van der Waals surface area contributed by atoms with E-state index in [0.717, 1.165) is 35.0 Å². The maximum absolute atomic E-state index is 12.4. The van der Waals surface area contributed by atoms with E-state index in [1.807, 2.05) is 37.3 Å². The summed E-state index contributed by atoms with van der Waals surface area (Å²) in [4.78, 5) is 19.3. The lowest BCUT2D eigenvalue weighted by atomic mass is 9.99. The van der Waals surface area contributed by atoms with Crippen molar-refractivity contribution in [2.75, 3.05) is 23.3 Å². The van der Waals surface area contributed by atoms with Crippen LogP contribution in [0.25, 0.3) is 10.2 Å². The van der Waals surface area contributed by atoms with E-state index in [-0.39, 0.29) is 11.8 Å². The van der Waals surface area contributed by atoms with E-state index in [0.29, 0.717) is 0 Å². The molecule has 2 aromatic carbocycles. The molecule has 0 saturated carbocycles. The van der Waals surface area contributed by atoms with E-state index in [1.165, 1.54) is 10.3 Å². The molecule has 0 radical (unpaired) electrons. The fourth-order valence-electron chi connectivity index (χ4n) is 2.98. The molecule has 1 aliphatic heterocycles. The third kappa shape index (κ3) is 2.76. The molecule has 0 spiro atoms. The van der Waals surface area contributed by atoms with Gasteiger partial charge in [-0.2, -0.15) is 0 Å². The molecule has 1 aliphatic rings. The van der Waals surface area contributed by atoms with Crippen molar-refractivity contribution in [1.29, 1.82) is 0 Å². The molecular weight excluding hydrogens is 318 g/mol. The van der Waals surface area contributed by atoms with Crippen molar-refractivity contribution in [3.05, 3.63) is 53.6 Å². The van der Waals surface area contributed by atoms with Crippen molar-refractivity contribution in [3.63, 3.8) is 0 Å². The summed E-state index contributed by atoms with van der Waals surface area (Å²) >= 11 is 1.69. The number of nitrogens with zero attached hydrogens (tertiary/aromatic N) is 2. The summed E-state index contributed by atoms with van der Waals surface area (Å²) in [6.07, 6.45) is 0. The number of para-hydroxylation sites is 1. The monoisotopic (exact) mass is 337 g/mol. The smallest absolute Gasteiger partial charge is 0.231 e. The van der Waals surface area contributed by atoms with E-state index < -0.39 is 0 Å². The molecule has 1 fully saturated rings. The number of rotatable bonds is 3. The number of thiazole rings is 1. The first-order valence-corrected chi connectivity index (χ1v) is 8.90. The number of nitrogens with one attached hydrogen (secondary N) is 1. The lowest BCUT2D eigenvalue weighted by Gasteiger charge is -2.38. The van der Waals surface area contributed by atoms with Gasteiger partial charge in [-0.05, 0) is 37.6 Å². The predicted octanol–water partition coefficient (Wildman–Crippen LogP) is 3.99. The second kappa shape index (κ2) is 5.91. The molecule has 4 nitrogen and oxygen atoms in total. The Hall–Kier alpha value is -2.40. The number of carbonyl (C=O) groups excluding carboxylic acids is 1. The largest absolute Gasteiger partial charge is 0.346 e. The van der Waals surface area contributed by atoms with Gasteiger partial charge in [0.2, 0.25) is 5.91 Å². The SMILES string of the molecule is Cc1ccc(NC(=O)C2CN(c3nc4ccccc4s3)C2)c(C)c1. The van der Waals surface area contributed by atoms with Crippen LogP contribution in [0, 0.1) is 19.8 Å². The molecule has 5 heteroatoms. The van der Waals surface area contributed by atoms with Gasteiger partial charge in [0.05, 0.1) is 16.1 Å². The van der Waals surface area contributed by atoms with Gasteiger partial charge in [-0.1, -0.05) is 41.2 Å². The van der Waals surface area contributed by atoms with Gasteiger partial charge in [0.1, 0.15) is 0 Å². The number of hydrogen-bond acceptors (Lipinski definition) is 4. The van der Waals surface area contributed by atoms with Crippen LogP contribution in [0.4, 0.5) is 10.8 Å². The van der Waals surface area contributed by atoms with Gasteiger partial charge in [-0.15, -0.1) is 0 Å². The highest BCUT2D eigenvalue weighted by atomic mass is 32.1. The summed E-state index contributed by atoms with van der Waals surface area (Å²) in [6, 6.07) is 14.2. The van der Waals surface area contributed by atoms with Gasteiger partial charge in [-0.25, -0.2) is 4.98 Å². The highest BCUT2D eigenvalue weighted by molar-refractivity contribution is 7.22. The Bertz CT molecular complexity index is 879. The number of anilines is 2. The number of hydrogen-bond donors (Lipinski definition) is 1. The first-order valence-electron chi connectivity index (χ1n) is 8.09. The number of amides is 1. The molecule has 3 aromatic rings. The Morgan fingerprint density at radius 3 is 2.75 bits per heavy atom. The van der Waals surface area contributed by atoms with Crippen LogP contribution in [0.15, 0.2) is 42.5 Å². The molecule has 1 saturated heterocycles. The van der Waals surface area contributed by atoms with Gasteiger partial charge < -0.3 is 10.2 Å². The Morgan fingerprint density at radius 1 is 1.21 bits per heavy atom. The zero-order valence-corrected chi connectivity index (χ0v) is 14.6. The van der Waals surface area contributed by atoms with Crippen molar-refractivity contribution >= 4 is 38.3 Å². The third-order valence-corrected chi connectivity index (χ3v) is 5.54. The first-order chi connectivity index (χ1) is 11.6. The van der Waals surface area contributed by atoms with Crippen LogP contribution in [0.3, 0.4) is 0 Å². The molecule has 122 valence electrons. The molecule has 0 unspecified atom stereocenters. The van der Waals surface area contributed by atoms with E-state index in [1.54, 1.807) is 11.3 Å². The number of carbonyl (C=O) groups is 1. The first kappa shape index (κ1) is 15.1. The second-order valence-electron chi connectivity index (χ2n) is 6.37. The minimum Gasteiger partial charge on any atom is -0.346 e. The maximum atomic E-state index is 12.4. The summed E-state index contributed by atoms with van der Waals surface area (Å²) in [6.45, 7) is 5.55. The third-order valence-electron chi connectivity index (χ3n) is 4.45. The molecule has 24 heavy (non-hydrogen) atoms. The van der Waals surface area contributed by atoms with E-state index in [2.05, 4.69) is 34.3 Å². The normalized spacial score (nSPS) is 14.7. The summed E-state index contributed by atoms with van der Waals surface area (Å²) < 4.78 is 1.19. The van der Waals surface area contributed by atoms with Crippen LogP contribution in [0.5, 0.6) is 0 Å². The maximum Gasteiger partial charge on any atom is 0.231 e.